The molecule has 8 heteroatoms. The monoisotopic (exact) mass is 436 g/mol. The first-order chi connectivity index (χ1) is 15.5. The second-order valence-corrected chi connectivity index (χ2v) is 8.41. The van der Waals surface area contributed by atoms with Crippen molar-refractivity contribution in [2.24, 2.45) is 5.92 Å². The Bertz CT molecular complexity index is 1250. The smallest absolute Gasteiger partial charge is 0.254 e. The topological polar surface area (TPSA) is 69.3 Å². The third-order valence-electron chi connectivity index (χ3n) is 6.16. The number of anilines is 1. The number of halogens is 2. The van der Waals surface area contributed by atoms with Crippen LogP contribution in [0, 0.1) is 17.6 Å². The predicted molar refractivity (Wildman–Crippen MR) is 117 cm³/mol. The maximum absolute atomic E-state index is 13.6. The number of H-pyrrole nitrogens is 1. The van der Waals surface area contributed by atoms with E-state index in [1.807, 2.05) is 31.3 Å². The van der Waals surface area contributed by atoms with Gasteiger partial charge in [0.25, 0.3) is 5.91 Å². The predicted octanol–water partition coefficient (Wildman–Crippen LogP) is 4.14. The lowest BCUT2D eigenvalue weighted by atomic mass is 9.89. The van der Waals surface area contributed by atoms with Crippen molar-refractivity contribution in [3.8, 4) is 0 Å². The first-order valence-corrected chi connectivity index (χ1v) is 10.6. The molecule has 5 rings (SSSR count). The van der Waals surface area contributed by atoms with E-state index in [-0.39, 0.29) is 23.4 Å². The van der Waals surface area contributed by atoms with Gasteiger partial charge in [0.15, 0.2) is 11.6 Å². The van der Waals surface area contributed by atoms with Crippen LogP contribution in [-0.2, 0) is 4.79 Å². The molecule has 1 aliphatic carbocycles. The van der Waals surface area contributed by atoms with Crippen molar-refractivity contribution < 1.29 is 18.4 Å². The lowest BCUT2D eigenvalue weighted by molar-refractivity contribution is -0.107. The molecule has 1 N–H and O–H groups in total. The van der Waals surface area contributed by atoms with Gasteiger partial charge in [0, 0.05) is 36.3 Å². The summed E-state index contributed by atoms with van der Waals surface area (Å²) >= 11 is 0. The van der Waals surface area contributed by atoms with Gasteiger partial charge in [-0.2, -0.15) is 0 Å². The molecule has 2 aromatic heterocycles. The van der Waals surface area contributed by atoms with Gasteiger partial charge in [-0.1, -0.05) is 13.0 Å². The molecule has 1 aliphatic heterocycles. The standard InChI is InChI=1S/C24H22F2N4O2/c1-14-12-29(24(32)15-2-5-20(25)21(26)10-15)9-7-17(14)19-11-22(30(13-31)16-3-4-16)28-23-18(19)6-8-27-23/h2,5-8,10-11,13-14,16H,3-4,9,12H2,1H3,(H,27,28). The van der Waals surface area contributed by atoms with Crippen LogP contribution in [0.5, 0.6) is 0 Å². The molecule has 1 fully saturated rings. The first kappa shape index (κ1) is 20.4. The van der Waals surface area contributed by atoms with Gasteiger partial charge in [-0.25, -0.2) is 13.8 Å². The zero-order valence-corrected chi connectivity index (χ0v) is 17.5. The highest BCUT2D eigenvalue weighted by molar-refractivity contribution is 5.97. The Hall–Kier alpha value is -3.55. The Morgan fingerprint density at radius 1 is 1.22 bits per heavy atom. The van der Waals surface area contributed by atoms with E-state index < -0.39 is 11.6 Å². The van der Waals surface area contributed by atoms with Gasteiger partial charge in [0.2, 0.25) is 6.41 Å². The van der Waals surface area contributed by atoms with Gasteiger partial charge >= 0.3 is 0 Å². The van der Waals surface area contributed by atoms with Crippen LogP contribution in [0.15, 0.2) is 42.6 Å². The SMILES string of the molecule is CC1CN(C(=O)c2ccc(F)c(F)c2)CC=C1c1cc(N(C=O)C2CC2)nc2[nH]ccc12. The van der Waals surface area contributed by atoms with E-state index in [9.17, 15) is 18.4 Å². The molecule has 0 spiro atoms. The van der Waals surface area contributed by atoms with Crippen molar-refractivity contribution in [1.29, 1.82) is 0 Å². The summed E-state index contributed by atoms with van der Waals surface area (Å²) in [5, 5.41) is 0.953. The van der Waals surface area contributed by atoms with Gasteiger partial charge in [-0.05, 0) is 60.2 Å². The summed E-state index contributed by atoms with van der Waals surface area (Å²) in [5.74, 6) is -1.74. The molecule has 3 aromatic rings. The third-order valence-corrected chi connectivity index (χ3v) is 6.16. The number of carbonyl (C=O) groups is 2. The molecule has 1 atom stereocenters. The summed E-state index contributed by atoms with van der Waals surface area (Å²) in [6.45, 7) is 2.81. The number of pyridine rings is 1. The number of amides is 2. The molecule has 164 valence electrons. The van der Waals surface area contributed by atoms with Crippen molar-refractivity contribution in [3.63, 3.8) is 0 Å². The number of carbonyl (C=O) groups excluding carboxylic acids is 2. The quantitative estimate of drug-likeness (QED) is 0.611. The van der Waals surface area contributed by atoms with E-state index in [0.717, 1.165) is 47.9 Å². The Labute approximate surface area is 183 Å². The molecule has 1 aromatic carbocycles. The Balaban J connectivity index is 1.47. The molecule has 3 heterocycles. The molecular formula is C24H22F2N4O2. The van der Waals surface area contributed by atoms with E-state index >= 15 is 0 Å². The molecule has 2 amide bonds. The van der Waals surface area contributed by atoms with Crippen LogP contribution >= 0.6 is 0 Å². The Morgan fingerprint density at radius 2 is 2.03 bits per heavy atom. The van der Waals surface area contributed by atoms with Crippen LogP contribution in [0.1, 0.15) is 35.7 Å². The molecular weight excluding hydrogens is 414 g/mol. The number of aromatic nitrogens is 2. The molecule has 2 aliphatic rings. The number of aromatic amines is 1. The van der Waals surface area contributed by atoms with E-state index in [4.69, 9.17) is 0 Å². The minimum Gasteiger partial charge on any atom is -0.346 e. The molecule has 1 unspecified atom stereocenters. The van der Waals surface area contributed by atoms with E-state index in [1.54, 1.807) is 9.80 Å². The fourth-order valence-electron chi connectivity index (χ4n) is 4.34. The minimum absolute atomic E-state index is 0.00282. The largest absolute Gasteiger partial charge is 0.346 e. The molecule has 0 radical (unpaired) electrons. The van der Waals surface area contributed by atoms with Gasteiger partial charge in [-0.3, -0.25) is 14.5 Å². The van der Waals surface area contributed by atoms with Crippen molar-refractivity contribution in [2.75, 3.05) is 18.0 Å². The fraction of sp³-hybridized carbons (Fsp3) is 0.292. The van der Waals surface area contributed by atoms with Crippen LogP contribution in [0.3, 0.4) is 0 Å². The maximum atomic E-state index is 13.6. The Kier molecular flexibility index (Phi) is 5.00. The molecule has 0 bridgehead atoms. The summed E-state index contributed by atoms with van der Waals surface area (Å²) in [5.41, 5.74) is 2.87. The van der Waals surface area contributed by atoms with Gasteiger partial charge < -0.3 is 9.88 Å². The summed E-state index contributed by atoms with van der Waals surface area (Å²) in [7, 11) is 0. The van der Waals surface area contributed by atoms with Crippen LogP contribution < -0.4 is 4.90 Å². The molecule has 32 heavy (non-hydrogen) atoms. The number of rotatable bonds is 5. The van der Waals surface area contributed by atoms with Crippen molar-refractivity contribution >= 4 is 34.7 Å². The summed E-state index contributed by atoms with van der Waals surface area (Å²) in [6.07, 6.45) is 6.58. The first-order valence-electron chi connectivity index (χ1n) is 10.6. The third kappa shape index (κ3) is 3.55. The van der Waals surface area contributed by atoms with E-state index in [0.29, 0.717) is 24.6 Å². The lowest BCUT2D eigenvalue weighted by Crippen LogP contribution is -2.38. The van der Waals surface area contributed by atoms with Crippen LogP contribution in [0.25, 0.3) is 16.6 Å². The molecule has 1 saturated carbocycles. The number of nitrogens with zero attached hydrogens (tertiary/aromatic N) is 3. The summed E-state index contributed by atoms with van der Waals surface area (Å²) in [4.78, 5) is 35.6. The highest BCUT2D eigenvalue weighted by Crippen LogP contribution is 2.37. The van der Waals surface area contributed by atoms with Crippen LogP contribution in [0.4, 0.5) is 14.6 Å². The van der Waals surface area contributed by atoms with Crippen molar-refractivity contribution in [1.82, 2.24) is 14.9 Å². The van der Waals surface area contributed by atoms with Crippen molar-refractivity contribution in [2.45, 2.75) is 25.8 Å². The highest BCUT2D eigenvalue weighted by atomic mass is 19.2. The lowest BCUT2D eigenvalue weighted by Gasteiger charge is -2.32. The average Bonchev–Trinajstić information content (AvgIpc) is 3.50. The molecule has 6 nitrogen and oxygen atoms in total. The number of fused-ring (bicyclic) bond motifs is 1. The van der Waals surface area contributed by atoms with Crippen LogP contribution in [0.2, 0.25) is 0 Å². The highest BCUT2D eigenvalue weighted by Gasteiger charge is 2.31. The number of nitrogens with one attached hydrogen (secondary N) is 1. The number of hydrogen-bond acceptors (Lipinski definition) is 3. The Morgan fingerprint density at radius 3 is 2.72 bits per heavy atom. The fourth-order valence-corrected chi connectivity index (χ4v) is 4.34. The second-order valence-electron chi connectivity index (χ2n) is 8.41. The van der Waals surface area contributed by atoms with Crippen LogP contribution in [-0.4, -0.2) is 46.3 Å². The van der Waals surface area contributed by atoms with Gasteiger partial charge in [-0.15, -0.1) is 0 Å². The number of benzene rings is 1. The summed E-state index contributed by atoms with van der Waals surface area (Å²) in [6, 6.07) is 7.30. The van der Waals surface area contributed by atoms with Crippen molar-refractivity contribution in [3.05, 3.63) is 65.4 Å². The molecule has 0 saturated heterocycles. The second kappa shape index (κ2) is 7.85. The summed E-state index contributed by atoms with van der Waals surface area (Å²) < 4.78 is 26.8. The zero-order valence-electron chi connectivity index (χ0n) is 17.5. The van der Waals surface area contributed by atoms with Gasteiger partial charge in [0.05, 0.1) is 0 Å². The van der Waals surface area contributed by atoms with E-state index in [2.05, 4.69) is 9.97 Å². The minimum atomic E-state index is -1.04. The average molecular weight is 436 g/mol. The van der Waals surface area contributed by atoms with E-state index in [1.165, 1.54) is 6.07 Å². The normalized spacial score (nSPS) is 18.5. The zero-order chi connectivity index (χ0) is 22.4. The van der Waals surface area contributed by atoms with Gasteiger partial charge in [0.1, 0.15) is 11.5 Å². The maximum Gasteiger partial charge on any atom is 0.254 e. The number of hydrogen-bond donors (Lipinski definition) is 1.